The van der Waals surface area contributed by atoms with Gasteiger partial charge in [-0.05, 0) is 32.4 Å². The molecule has 0 aliphatic carbocycles. The molecule has 0 spiro atoms. The van der Waals surface area contributed by atoms with Gasteiger partial charge in [0.25, 0.3) is 0 Å². The standard InChI is InChI=1S/C12H27N3O/c13-5-2-1-3-6-14-8-10-15(11-9-14)7-4-12-16/h16H,1-13H2. The number of hydrogen-bond donors (Lipinski definition) is 2. The van der Waals surface area contributed by atoms with Crippen LogP contribution in [0.25, 0.3) is 0 Å². The van der Waals surface area contributed by atoms with Crippen molar-refractivity contribution in [1.29, 1.82) is 0 Å². The first-order valence-electron chi connectivity index (χ1n) is 6.62. The van der Waals surface area contributed by atoms with Crippen molar-refractivity contribution in [3.8, 4) is 0 Å². The second kappa shape index (κ2) is 8.93. The van der Waals surface area contributed by atoms with Gasteiger partial charge in [0.2, 0.25) is 0 Å². The van der Waals surface area contributed by atoms with Crippen molar-refractivity contribution in [2.75, 3.05) is 52.4 Å². The molecule has 0 aromatic rings. The molecule has 0 saturated carbocycles. The fraction of sp³-hybridized carbons (Fsp3) is 1.00. The zero-order valence-corrected chi connectivity index (χ0v) is 10.4. The van der Waals surface area contributed by atoms with Crippen molar-refractivity contribution in [3.05, 3.63) is 0 Å². The summed E-state index contributed by atoms with van der Waals surface area (Å²) in [6.45, 7) is 8.13. The quantitative estimate of drug-likeness (QED) is 0.580. The minimum atomic E-state index is 0.319. The van der Waals surface area contributed by atoms with Gasteiger partial charge in [-0.1, -0.05) is 6.42 Å². The van der Waals surface area contributed by atoms with Gasteiger partial charge in [-0.2, -0.15) is 0 Å². The average molecular weight is 229 g/mol. The number of rotatable bonds is 8. The van der Waals surface area contributed by atoms with E-state index in [9.17, 15) is 0 Å². The molecule has 16 heavy (non-hydrogen) atoms. The SMILES string of the molecule is NCCCCCN1CCN(CCCO)CC1. The summed E-state index contributed by atoms with van der Waals surface area (Å²) in [4.78, 5) is 5.00. The molecule has 4 nitrogen and oxygen atoms in total. The van der Waals surface area contributed by atoms with Crippen molar-refractivity contribution < 1.29 is 5.11 Å². The van der Waals surface area contributed by atoms with E-state index < -0.39 is 0 Å². The molecule has 1 saturated heterocycles. The summed E-state index contributed by atoms with van der Waals surface area (Å²) >= 11 is 0. The van der Waals surface area contributed by atoms with E-state index in [0.717, 1.165) is 39.0 Å². The monoisotopic (exact) mass is 229 g/mol. The third-order valence-corrected chi connectivity index (χ3v) is 3.28. The lowest BCUT2D eigenvalue weighted by atomic mass is 10.2. The Morgan fingerprint density at radius 3 is 1.88 bits per heavy atom. The molecule has 0 amide bonds. The molecule has 0 unspecified atom stereocenters. The Hall–Kier alpha value is -0.160. The van der Waals surface area contributed by atoms with Crippen molar-refractivity contribution >= 4 is 0 Å². The molecular weight excluding hydrogens is 202 g/mol. The minimum absolute atomic E-state index is 0.319. The third-order valence-electron chi connectivity index (χ3n) is 3.28. The van der Waals surface area contributed by atoms with Crippen LogP contribution in [0.15, 0.2) is 0 Å². The number of aliphatic hydroxyl groups excluding tert-OH is 1. The van der Waals surface area contributed by atoms with E-state index in [0.29, 0.717) is 6.61 Å². The normalized spacial score (nSPS) is 19.1. The van der Waals surface area contributed by atoms with Crippen LogP contribution in [-0.2, 0) is 0 Å². The van der Waals surface area contributed by atoms with Gasteiger partial charge in [-0.25, -0.2) is 0 Å². The molecule has 4 heteroatoms. The van der Waals surface area contributed by atoms with Crippen LogP contribution in [0.1, 0.15) is 25.7 Å². The highest BCUT2D eigenvalue weighted by Gasteiger charge is 2.15. The van der Waals surface area contributed by atoms with Crippen LogP contribution in [0.2, 0.25) is 0 Å². The largest absolute Gasteiger partial charge is 0.396 e. The lowest BCUT2D eigenvalue weighted by Crippen LogP contribution is -2.46. The van der Waals surface area contributed by atoms with Crippen LogP contribution >= 0.6 is 0 Å². The number of nitrogens with two attached hydrogens (primary N) is 1. The Kier molecular flexibility index (Phi) is 7.76. The molecule has 1 fully saturated rings. The highest BCUT2D eigenvalue weighted by molar-refractivity contribution is 4.71. The van der Waals surface area contributed by atoms with Crippen LogP contribution in [0.5, 0.6) is 0 Å². The predicted molar refractivity (Wildman–Crippen MR) is 67.5 cm³/mol. The minimum Gasteiger partial charge on any atom is -0.396 e. The lowest BCUT2D eigenvalue weighted by molar-refractivity contribution is 0.123. The van der Waals surface area contributed by atoms with E-state index in [1.165, 1.54) is 32.5 Å². The molecule has 0 bridgehead atoms. The van der Waals surface area contributed by atoms with Gasteiger partial charge in [-0.3, -0.25) is 0 Å². The van der Waals surface area contributed by atoms with Crippen LogP contribution in [-0.4, -0.2) is 67.3 Å². The summed E-state index contributed by atoms with van der Waals surface area (Å²) < 4.78 is 0. The van der Waals surface area contributed by atoms with E-state index in [2.05, 4.69) is 9.80 Å². The van der Waals surface area contributed by atoms with Gasteiger partial charge in [0.15, 0.2) is 0 Å². The Labute approximate surface area is 99.4 Å². The lowest BCUT2D eigenvalue weighted by Gasteiger charge is -2.34. The summed E-state index contributed by atoms with van der Waals surface area (Å²) in [5.41, 5.74) is 5.47. The molecule has 96 valence electrons. The fourth-order valence-electron chi connectivity index (χ4n) is 2.19. The Morgan fingerprint density at radius 1 is 0.812 bits per heavy atom. The molecule has 0 atom stereocenters. The number of piperazine rings is 1. The van der Waals surface area contributed by atoms with Gasteiger partial charge < -0.3 is 20.6 Å². The number of nitrogens with zero attached hydrogens (tertiary/aromatic N) is 2. The average Bonchev–Trinajstić information content (AvgIpc) is 2.33. The highest BCUT2D eigenvalue weighted by Crippen LogP contribution is 2.04. The highest BCUT2D eigenvalue weighted by atomic mass is 16.3. The Morgan fingerprint density at radius 2 is 1.38 bits per heavy atom. The van der Waals surface area contributed by atoms with Gasteiger partial charge in [-0.15, -0.1) is 0 Å². The molecule has 3 N–H and O–H groups in total. The summed E-state index contributed by atoms with van der Waals surface area (Å²) in [5, 5.41) is 8.77. The number of hydrogen-bond acceptors (Lipinski definition) is 4. The summed E-state index contributed by atoms with van der Waals surface area (Å²) in [6.07, 6.45) is 4.63. The molecule has 0 radical (unpaired) electrons. The number of aliphatic hydroxyl groups is 1. The first kappa shape index (κ1) is 13.9. The Balaban J connectivity index is 1.98. The van der Waals surface area contributed by atoms with E-state index in [-0.39, 0.29) is 0 Å². The van der Waals surface area contributed by atoms with Gasteiger partial charge in [0, 0.05) is 39.3 Å². The zero-order chi connectivity index (χ0) is 11.6. The van der Waals surface area contributed by atoms with E-state index >= 15 is 0 Å². The summed E-state index contributed by atoms with van der Waals surface area (Å²) in [7, 11) is 0. The van der Waals surface area contributed by atoms with Gasteiger partial charge in [0.1, 0.15) is 0 Å². The molecule has 0 aromatic carbocycles. The molecule has 1 aliphatic rings. The van der Waals surface area contributed by atoms with E-state index in [1.807, 2.05) is 0 Å². The van der Waals surface area contributed by atoms with Crippen LogP contribution in [0, 0.1) is 0 Å². The van der Waals surface area contributed by atoms with Crippen molar-refractivity contribution in [2.24, 2.45) is 5.73 Å². The predicted octanol–water partition coefficient (Wildman–Crippen LogP) is 0.115. The smallest absolute Gasteiger partial charge is 0.0443 e. The maximum atomic E-state index is 8.77. The molecule has 1 aliphatic heterocycles. The molecule has 1 heterocycles. The van der Waals surface area contributed by atoms with Crippen molar-refractivity contribution in [1.82, 2.24) is 9.80 Å². The van der Waals surface area contributed by atoms with Crippen LogP contribution in [0.3, 0.4) is 0 Å². The first-order valence-corrected chi connectivity index (χ1v) is 6.62. The second-order valence-corrected chi connectivity index (χ2v) is 4.61. The van der Waals surface area contributed by atoms with E-state index in [4.69, 9.17) is 10.8 Å². The number of unbranched alkanes of at least 4 members (excludes halogenated alkanes) is 2. The zero-order valence-electron chi connectivity index (χ0n) is 10.4. The maximum Gasteiger partial charge on any atom is 0.0443 e. The van der Waals surface area contributed by atoms with Gasteiger partial charge in [0.05, 0.1) is 0 Å². The summed E-state index contributed by atoms with van der Waals surface area (Å²) in [6, 6.07) is 0. The first-order chi connectivity index (χ1) is 7.86. The topological polar surface area (TPSA) is 52.7 Å². The van der Waals surface area contributed by atoms with Crippen LogP contribution < -0.4 is 5.73 Å². The van der Waals surface area contributed by atoms with Crippen molar-refractivity contribution in [2.45, 2.75) is 25.7 Å². The third kappa shape index (κ3) is 5.80. The fourth-order valence-corrected chi connectivity index (χ4v) is 2.19. The molecular formula is C12H27N3O. The van der Waals surface area contributed by atoms with Crippen molar-refractivity contribution in [3.63, 3.8) is 0 Å². The maximum absolute atomic E-state index is 8.77. The van der Waals surface area contributed by atoms with Crippen LogP contribution in [0.4, 0.5) is 0 Å². The summed E-state index contributed by atoms with van der Waals surface area (Å²) in [5.74, 6) is 0. The molecule has 1 rings (SSSR count). The van der Waals surface area contributed by atoms with Gasteiger partial charge >= 0.3 is 0 Å². The molecule has 0 aromatic heterocycles. The van der Waals surface area contributed by atoms with E-state index in [1.54, 1.807) is 0 Å². The Bertz CT molecular complexity index is 158. The second-order valence-electron chi connectivity index (χ2n) is 4.61.